The molecule has 0 N–H and O–H groups in total. The summed E-state index contributed by atoms with van der Waals surface area (Å²) in [4.78, 5) is 28.7. The van der Waals surface area contributed by atoms with Gasteiger partial charge in [0.25, 0.3) is 0 Å². The molecule has 1 aromatic heterocycles. The van der Waals surface area contributed by atoms with Crippen molar-refractivity contribution in [1.29, 1.82) is 0 Å². The topological polar surface area (TPSA) is 93.2 Å². The number of hydrogen-bond donors (Lipinski definition) is 0. The molecule has 156 valence electrons. The molecule has 1 heterocycles. The van der Waals surface area contributed by atoms with Crippen LogP contribution < -0.4 is 14.2 Å². The molecule has 0 unspecified atom stereocenters. The first-order valence-electron chi connectivity index (χ1n) is 8.76. The van der Waals surface area contributed by atoms with Crippen molar-refractivity contribution in [2.75, 3.05) is 34.5 Å². The molecule has 0 atom stereocenters. The molecule has 0 bridgehead atoms. The van der Waals surface area contributed by atoms with Crippen LogP contribution in [0.1, 0.15) is 34.8 Å². The lowest BCUT2D eigenvalue weighted by atomic mass is 10.0. The Morgan fingerprint density at radius 2 is 1.38 bits per heavy atom. The van der Waals surface area contributed by atoms with Crippen LogP contribution in [0.2, 0.25) is 0 Å². The van der Waals surface area contributed by atoms with Crippen LogP contribution in [0.3, 0.4) is 0 Å². The molecule has 0 saturated carbocycles. The number of halogens is 1. The average Bonchev–Trinajstić information content (AvgIpc) is 2.73. The van der Waals surface area contributed by atoms with Crippen molar-refractivity contribution >= 4 is 27.9 Å². The van der Waals surface area contributed by atoms with E-state index in [-0.39, 0.29) is 24.6 Å². The summed E-state index contributed by atoms with van der Waals surface area (Å²) in [7, 11) is 4.50. The van der Waals surface area contributed by atoms with Gasteiger partial charge in [-0.15, -0.1) is 0 Å². The molecule has 2 rings (SSSR count). The number of pyridine rings is 1. The highest BCUT2D eigenvalue weighted by atomic mass is 79.9. The predicted molar refractivity (Wildman–Crippen MR) is 109 cm³/mol. The summed E-state index contributed by atoms with van der Waals surface area (Å²) in [6.45, 7) is 3.70. The number of rotatable bonds is 8. The summed E-state index contributed by atoms with van der Waals surface area (Å²) in [6.07, 6.45) is 0. The van der Waals surface area contributed by atoms with Crippen LogP contribution in [0.5, 0.6) is 17.2 Å². The second-order valence-electron chi connectivity index (χ2n) is 5.57. The molecule has 29 heavy (non-hydrogen) atoms. The van der Waals surface area contributed by atoms with Gasteiger partial charge in [-0.05, 0) is 47.5 Å². The van der Waals surface area contributed by atoms with Crippen LogP contribution in [0.15, 0.2) is 22.7 Å². The lowest BCUT2D eigenvalue weighted by molar-refractivity contribution is 0.0511. The van der Waals surface area contributed by atoms with Crippen LogP contribution in [0.4, 0.5) is 0 Å². The molecule has 8 nitrogen and oxygen atoms in total. The Morgan fingerprint density at radius 1 is 0.862 bits per heavy atom. The highest BCUT2D eigenvalue weighted by Crippen LogP contribution is 2.48. The Bertz CT molecular complexity index is 878. The number of hydrogen-bond acceptors (Lipinski definition) is 8. The molecule has 0 aliphatic heterocycles. The van der Waals surface area contributed by atoms with Crippen LogP contribution in [0.25, 0.3) is 11.1 Å². The van der Waals surface area contributed by atoms with Crippen LogP contribution in [-0.4, -0.2) is 51.5 Å². The van der Waals surface area contributed by atoms with Gasteiger partial charge in [0, 0.05) is 6.07 Å². The van der Waals surface area contributed by atoms with Gasteiger partial charge in [0.15, 0.2) is 0 Å². The Balaban J connectivity index is 2.80. The summed E-state index contributed by atoms with van der Waals surface area (Å²) in [5.74, 6) is -0.0155. The molecule has 0 aliphatic carbocycles. The first-order valence-corrected chi connectivity index (χ1v) is 9.56. The Kier molecular flexibility index (Phi) is 7.83. The number of nitrogens with zero attached hydrogens (tertiary/aromatic N) is 1. The molecule has 0 amide bonds. The molecule has 0 saturated heterocycles. The van der Waals surface area contributed by atoms with E-state index in [1.54, 1.807) is 19.9 Å². The number of carbonyl (C=O) groups is 2. The van der Waals surface area contributed by atoms with Gasteiger partial charge in [0.1, 0.15) is 33.1 Å². The van der Waals surface area contributed by atoms with Crippen molar-refractivity contribution < 1.29 is 33.3 Å². The van der Waals surface area contributed by atoms with E-state index in [0.717, 1.165) is 0 Å². The zero-order valence-electron chi connectivity index (χ0n) is 16.8. The molecule has 0 aliphatic rings. The van der Waals surface area contributed by atoms with E-state index < -0.39 is 11.9 Å². The van der Waals surface area contributed by atoms with Crippen molar-refractivity contribution in [1.82, 2.24) is 4.98 Å². The largest absolute Gasteiger partial charge is 0.496 e. The fourth-order valence-electron chi connectivity index (χ4n) is 2.66. The Morgan fingerprint density at radius 3 is 1.79 bits per heavy atom. The zero-order chi connectivity index (χ0) is 21.6. The molecule has 2 aromatic rings. The average molecular weight is 468 g/mol. The summed E-state index contributed by atoms with van der Waals surface area (Å²) in [5.41, 5.74) is 0.885. The summed E-state index contributed by atoms with van der Waals surface area (Å²) >= 11 is 3.45. The summed E-state index contributed by atoms with van der Waals surface area (Å²) < 4.78 is 27.0. The number of carbonyl (C=O) groups excluding carboxylic acids is 2. The highest BCUT2D eigenvalue weighted by molar-refractivity contribution is 9.10. The molecule has 0 radical (unpaired) electrons. The van der Waals surface area contributed by atoms with Gasteiger partial charge in [-0.2, -0.15) is 0 Å². The lowest BCUT2D eigenvalue weighted by Crippen LogP contribution is -2.13. The van der Waals surface area contributed by atoms with E-state index >= 15 is 0 Å². The third-order valence-electron chi connectivity index (χ3n) is 3.88. The first kappa shape index (κ1) is 22.5. The van der Waals surface area contributed by atoms with Gasteiger partial charge in [0.2, 0.25) is 0 Å². The monoisotopic (exact) mass is 467 g/mol. The molecule has 0 fully saturated rings. The van der Waals surface area contributed by atoms with Crippen molar-refractivity contribution in [2.24, 2.45) is 0 Å². The number of esters is 2. The van der Waals surface area contributed by atoms with Crippen molar-refractivity contribution in [3.8, 4) is 28.4 Å². The van der Waals surface area contributed by atoms with Gasteiger partial charge in [0.05, 0.1) is 40.1 Å². The third-order valence-corrected chi connectivity index (χ3v) is 4.63. The van der Waals surface area contributed by atoms with Crippen molar-refractivity contribution in [3.63, 3.8) is 0 Å². The zero-order valence-corrected chi connectivity index (χ0v) is 18.4. The van der Waals surface area contributed by atoms with Crippen LogP contribution >= 0.6 is 15.9 Å². The summed E-state index contributed by atoms with van der Waals surface area (Å²) in [6, 6.07) is 4.66. The predicted octanol–water partition coefficient (Wildman–Crippen LogP) is 3.89. The van der Waals surface area contributed by atoms with Crippen LogP contribution in [0, 0.1) is 0 Å². The van der Waals surface area contributed by atoms with Gasteiger partial charge in [-0.1, -0.05) is 0 Å². The molecule has 1 aromatic carbocycles. The van der Waals surface area contributed by atoms with Crippen molar-refractivity contribution in [3.05, 3.63) is 34.1 Å². The second kappa shape index (κ2) is 10.1. The number of ether oxygens (including phenoxy) is 5. The smallest absolute Gasteiger partial charge is 0.356 e. The first-order chi connectivity index (χ1) is 13.9. The quantitative estimate of drug-likeness (QED) is 0.539. The van der Waals surface area contributed by atoms with E-state index in [2.05, 4.69) is 20.9 Å². The van der Waals surface area contributed by atoms with E-state index in [9.17, 15) is 9.59 Å². The fourth-order valence-corrected chi connectivity index (χ4v) is 3.29. The number of aromatic nitrogens is 1. The molecular weight excluding hydrogens is 446 g/mol. The minimum atomic E-state index is -0.662. The van der Waals surface area contributed by atoms with Gasteiger partial charge >= 0.3 is 11.9 Å². The molecule has 9 heteroatoms. The van der Waals surface area contributed by atoms with E-state index in [1.807, 2.05) is 0 Å². The number of benzene rings is 1. The van der Waals surface area contributed by atoms with Gasteiger partial charge < -0.3 is 23.7 Å². The van der Waals surface area contributed by atoms with E-state index in [0.29, 0.717) is 32.8 Å². The van der Waals surface area contributed by atoms with Crippen molar-refractivity contribution in [2.45, 2.75) is 13.8 Å². The third kappa shape index (κ3) is 4.79. The van der Waals surface area contributed by atoms with E-state index in [4.69, 9.17) is 23.7 Å². The van der Waals surface area contributed by atoms with Gasteiger partial charge in [-0.25, -0.2) is 14.6 Å². The normalized spacial score (nSPS) is 10.3. The SMILES string of the molecule is CCOC(=O)c1cc(-c2c(OC)cc(OC)c(Br)c2OC)cc(C(=O)OCC)n1. The minimum absolute atomic E-state index is 0.0385. The molecule has 0 spiro atoms. The fraction of sp³-hybridized carbons (Fsp3) is 0.350. The Labute approximate surface area is 177 Å². The maximum Gasteiger partial charge on any atom is 0.356 e. The standard InChI is InChI=1S/C20H22BrNO7/c1-6-28-19(23)12-8-11(9-13(22-12)20(24)29-7-2)16-14(25-3)10-15(26-4)17(21)18(16)27-5/h8-10H,6-7H2,1-5H3. The minimum Gasteiger partial charge on any atom is -0.496 e. The van der Waals surface area contributed by atoms with Gasteiger partial charge in [-0.3, -0.25) is 0 Å². The lowest BCUT2D eigenvalue weighted by Gasteiger charge is -2.18. The van der Waals surface area contributed by atoms with Crippen LogP contribution in [-0.2, 0) is 9.47 Å². The summed E-state index contributed by atoms with van der Waals surface area (Å²) in [5, 5.41) is 0. The molecular formula is C20H22BrNO7. The Hall–Kier alpha value is -2.81. The van der Waals surface area contributed by atoms with E-state index in [1.165, 1.54) is 33.5 Å². The number of methoxy groups -OCH3 is 3. The second-order valence-corrected chi connectivity index (χ2v) is 6.36. The highest BCUT2D eigenvalue weighted by Gasteiger charge is 2.24. The maximum absolute atomic E-state index is 12.3. The maximum atomic E-state index is 12.3.